The molecule has 12 heavy (non-hydrogen) atoms. The third kappa shape index (κ3) is 2.14. The van der Waals surface area contributed by atoms with Gasteiger partial charge in [-0.3, -0.25) is 4.98 Å². The lowest BCUT2D eigenvalue weighted by atomic mass is 10.2. The minimum Gasteiger partial charge on any atom is -0.308 e. The van der Waals surface area contributed by atoms with Crippen LogP contribution in [0, 0.1) is 12.3 Å². The van der Waals surface area contributed by atoms with Gasteiger partial charge in [0.1, 0.15) is 0 Å². The van der Waals surface area contributed by atoms with E-state index in [0.717, 1.165) is 17.0 Å². The molecule has 1 N–H and O–H groups in total. The van der Waals surface area contributed by atoms with Crippen LogP contribution in [0.15, 0.2) is 16.2 Å². The zero-order valence-electron chi connectivity index (χ0n) is 6.71. The molecular formula is C9H9IN2. The first kappa shape index (κ1) is 9.38. The Bertz CT molecular complexity index is 318. The van der Waals surface area contributed by atoms with Gasteiger partial charge < -0.3 is 5.41 Å². The van der Waals surface area contributed by atoms with Crippen LogP contribution in [0.4, 0.5) is 0 Å². The Hall–Kier alpha value is -0.710. The highest BCUT2D eigenvalue weighted by atomic mass is 127. The molecule has 0 aliphatic carbocycles. The van der Waals surface area contributed by atoms with Crippen molar-refractivity contribution in [2.75, 3.05) is 0 Å². The fraction of sp³-hybridized carbons (Fsp3) is 0.111. The lowest BCUT2D eigenvalue weighted by molar-refractivity contribution is 1.17. The smallest absolute Gasteiger partial charge is 0.0724 e. The Morgan fingerprint density at radius 2 is 2.25 bits per heavy atom. The first-order valence-electron chi connectivity index (χ1n) is 3.53. The second-order valence-electron chi connectivity index (χ2n) is 2.36. The number of halogens is 1. The maximum Gasteiger partial charge on any atom is 0.0724 e. The molecule has 0 aliphatic rings. The Labute approximate surface area is 85.4 Å². The van der Waals surface area contributed by atoms with Gasteiger partial charge in [-0.15, -0.1) is 0 Å². The van der Waals surface area contributed by atoms with E-state index in [-0.39, 0.29) is 0 Å². The van der Waals surface area contributed by atoms with E-state index >= 15 is 0 Å². The molecule has 0 saturated carbocycles. The van der Waals surface area contributed by atoms with Gasteiger partial charge >= 0.3 is 0 Å². The molecule has 1 aromatic heterocycles. The normalized spacial score (nSPS) is 10.5. The quantitative estimate of drug-likeness (QED) is 0.652. The van der Waals surface area contributed by atoms with Crippen molar-refractivity contribution in [1.82, 2.24) is 4.98 Å². The topological polar surface area (TPSA) is 36.7 Å². The lowest BCUT2D eigenvalue weighted by Crippen LogP contribution is -1.92. The molecular weight excluding hydrogens is 263 g/mol. The molecule has 3 heteroatoms. The third-order valence-corrected chi connectivity index (χ3v) is 1.83. The van der Waals surface area contributed by atoms with Gasteiger partial charge in [0.25, 0.3) is 0 Å². The van der Waals surface area contributed by atoms with E-state index in [2.05, 4.69) is 27.6 Å². The van der Waals surface area contributed by atoms with E-state index in [1.165, 1.54) is 6.21 Å². The summed E-state index contributed by atoms with van der Waals surface area (Å²) in [4.78, 5) is 4.29. The van der Waals surface area contributed by atoms with E-state index in [1.807, 2.05) is 29.2 Å². The maximum absolute atomic E-state index is 7.13. The molecule has 0 amide bonds. The molecule has 2 nitrogen and oxygen atoms in total. The average Bonchev–Trinajstić information content (AvgIpc) is 2.05. The summed E-state index contributed by atoms with van der Waals surface area (Å²) in [6.07, 6.45) is 3.21. The predicted octanol–water partition coefficient (Wildman–Crippen LogP) is 2.79. The first-order chi connectivity index (χ1) is 5.77. The highest BCUT2D eigenvalue weighted by Gasteiger charge is 1.96. The zero-order chi connectivity index (χ0) is 8.97. The van der Waals surface area contributed by atoms with Gasteiger partial charge in [0.2, 0.25) is 0 Å². The van der Waals surface area contributed by atoms with Crippen molar-refractivity contribution in [3.8, 4) is 0 Å². The number of hydrogen-bond acceptors (Lipinski definition) is 2. The Kier molecular flexibility index (Phi) is 3.40. The highest BCUT2D eigenvalue weighted by Crippen LogP contribution is 2.08. The summed E-state index contributed by atoms with van der Waals surface area (Å²) in [5.74, 6) is 0. The third-order valence-electron chi connectivity index (χ3n) is 1.47. The summed E-state index contributed by atoms with van der Waals surface area (Å²) in [5, 5.41) is 7.13. The van der Waals surface area contributed by atoms with Crippen molar-refractivity contribution >= 4 is 34.9 Å². The summed E-state index contributed by atoms with van der Waals surface area (Å²) < 4.78 is 1.90. The number of aromatic nitrogens is 1. The van der Waals surface area contributed by atoms with Crippen LogP contribution in [0.25, 0.3) is 6.08 Å². The van der Waals surface area contributed by atoms with Gasteiger partial charge in [0, 0.05) is 17.5 Å². The number of rotatable bonds is 2. The van der Waals surface area contributed by atoms with Crippen molar-refractivity contribution < 1.29 is 0 Å². The molecule has 0 fully saturated rings. The van der Waals surface area contributed by atoms with E-state index in [9.17, 15) is 0 Å². The van der Waals surface area contributed by atoms with Gasteiger partial charge in [-0.25, -0.2) is 0 Å². The van der Waals surface area contributed by atoms with Crippen LogP contribution in [-0.4, -0.2) is 11.2 Å². The highest BCUT2D eigenvalue weighted by molar-refractivity contribution is 14.1. The molecule has 1 heterocycles. The standard InChI is InChI=1S/C9H9IN2/c1-7-2-3-8(6-11)9(12-7)4-5-10/h2-6,11H,1H3/b5-4-,11-6?. The molecule has 62 valence electrons. The molecule has 0 bridgehead atoms. The van der Waals surface area contributed by atoms with E-state index in [1.54, 1.807) is 0 Å². The number of hydrogen-bond donors (Lipinski definition) is 1. The van der Waals surface area contributed by atoms with Gasteiger partial charge in [-0.05, 0) is 29.2 Å². The zero-order valence-corrected chi connectivity index (χ0v) is 8.87. The molecule has 0 saturated heterocycles. The summed E-state index contributed by atoms with van der Waals surface area (Å²) in [6.45, 7) is 1.94. The van der Waals surface area contributed by atoms with Gasteiger partial charge in [0.05, 0.1) is 5.69 Å². The van der Waals surface area contributed by atoms with Crippen LogP contribution >= 0.6 is 22.6 Å². The van der Waals surface area contributed by atoms with Crippen molar-refractivity contribution in [1.29, 1.82) is 5.41 Å². The van der Waals surface area contributed by atoms with Crippen LogP contribution in [-0.2, 0) is 0 Å². The number of pyridine rings is 1. The largest absolute Gasteiger partial charge is 0.308 e. The Morgan fingerprint density at radius 1 is 1.50 bits per heavy atom. The van der Waals surface area contributed by atoms with Crippen molar-refractivity contribution in [2.24, 2.45) is 0 Å². The second-order valence-corrected chi connectivity index (χ2v) is 3.08. The van der Waals surface area contributed by atoms with Crippen molar-refractivity contribution in [3.05, 3.63) is 33.2 Å². The minimum atomic E-state index is 0.855. The molecule has 0 unspecified atom stereocenters. The summed E-state index contributed by atoms with van der Waals surface area (Å²) in [5.41, 5.74) is 2.69. The molecule has 1 aromatic rings. The second kappa shape index (κ2) is 4.35. The number of nitrogens with zero attached hydrogens (tertiary/aromatic N) is 1. The molecule has 1 rings (SSSR count). The monoisotopic (exact) mass is 272 g/mol. The van der Waals surface area contributed by atoms with Crippen LogP contribution < -0.4 is 0 Å². The van der Waals surface area contributed by atoms with E-state index < -0.39 is 0 Å². The molecule has 0 atom stereocenters. The minimum absolute atomic E-state index is 0.855. The van der Waals surface area contributed by atoms with Crippen LogP contribution in [0.1, 0.15) is 17.0 Å². The van der Waals surface area contributed by atoms with Crippen LogP contribution in [0.5, 0.6) is 0 Å². The SMILES string of the molecule is Cc1ccc(C=N)c(/C=C\I)n1. The molecule has 0 radical (unpaired) electrons. The summed E-state index contributed by atoms with van der Waals surface area (Å²) >= 11 is 2.14. The lowest BCUT2D eigenvalue weighted by Gasteiger charge is -1.99. The fourth-order valence-corrected chi connectivity index (χ4v) is 1.24. The van der Waals surface area contributed by atoms with Crippen molar-refractivity contribution in [3.63, 3.8) is 0 Å². The van der Waals surface area contributed by atoms with E-state index in [0.29, 0.717) is 0 Å². The number of nitrogens with one attached hydrogen (secondary N) is 1. The molecule has 0 spiro atoms. The van der Waals surface area contributed by atoms with Gasteiger partial charge in [0.15, 0.2) is 0 Å². The van der Waals surface area contributed by atoms with Crippen molar-refractivity contribution in [2.45, 2.75) is 6.92 Å². The summed E-state index contributed by atoms with van der Waals surface area (Å²) in [7, 11) is 0. The number of aryl methyl sites for hydroxylation is 1. The van der Waals surface area contributed by atoms with Gasteiger partial charge in [-0.1, -0.05) is 22.6 Å². The summed E-state index contributed by atoms with van der Waals surface area (Å²) in [6, 6.07) is 3.81. The molecule has 0 aromatic carbocycles. The maximum atomic E-state index is 7.13. The van der Waals surface area contributed by atoms with Crippen LogP contribution in [0.3, 0.4) is 0 Å². The van der Waals surface area contributed by atoms with Gasteiger partial charge in [-0.2, -0.15) is 0 Å². The Morgan fingerprint density at radius 3 is 2.83 bits per heavy atom. The van der Waals surface area contributed by atoms with E-state index in [4.69, 9.17) is 5.41 Å². The first-order valence-corrected chi connectivity index (χ1v) is 4.77. The fourth-order valence-electron chi connectivity index (χ4n) is 0.903. The average molecular weight is 272 g/mol. The predicted molar refractivity (Wildman–Crippen MR) is 59.9 cm³/mol. The Balaban J connectivity index is 3.20. The molecule has 0 aliphatic heterocycles. The van der Waals surface area contributed by atoms with Crippen LogP contribution in [0.2, 0.25) is 0 Å².